The van der Waals surface area contributed by atoms with Crippen LogP contribution in [-0.4, -0.2) is 76.8 Å². The molecule has 0 aromatic carbocycles. The van der Waals surface area contributed by atoms with E-state index in [0.29, 0.717) is 24.5 Å². The number of hydrogen-bond donors (Lipinski definition) is 2. The number of nitrogens with one attached hydrogen (secondary N) is 1. The summed E-state index contributed by atoms with van der Waals surface area (Å²) in [6.45, 7) is 4.54. The molecule has 8 heteroatoms. The molecule has 1 fully saturated rings. The van der Waals surface area contributed by atoms with E-state index in [-0.39, 0.29) is 42.7 Å². The largest absolute Gasteiger partial charge is 0.472 e. The van der Waals surface area contributed by atoms with Gasteiger partial charge < -0.3 is 25.0 Å². The SMILES string of the molecule is C[C@H](CO)N1C[C@H](C)[C@H](CN(C)C(=O)NC2CCCC2)Oc2ncc(C3=CCCC3)cc2C1=O. The maximum absolute atomic E-state index is 13.5. The van der Waals surface area contributed by atoms with E-state index >= 15 is 0 Å². The van der Waals surface area contributed by atoms with Crippen LogP contribution in [0.1, 0.15) is 74.7 Å². The number of pyridine rings is 1. The minimum absolute atomic E-state index is 0.0631. The maximum Gasteiger partial charge on any atom is 0.317 e. The zero-order valence-corrected chi connectivity index (χ0v) is 20.6. The van der Waals surface area contributed by atoms with E-state index in [0.717, 1.165) is 50.5 Å². The zero-order valence-electron chi connectivity index (χ0n) is 20.6. The number of aliphatic hydroxyl groups is 1. The molecule has 0 radical (unpaired) electrons. The first-order chi connectivity index (χ1) is 16.4. The number of likely N-dealkylation sites (N-methyl/N-ethyl adjacent to an activating group) is 1. The Kier molecular flexibility index (Phi) is 7.76. The van der Waals surface area contributed by atoms with Crippen molar-refractivity contribution in [2.75, 3.05) is 26.7 Å². The van der Waals surface area contributed by atoms with Crippen LogP contribution >= 0.6 is 0 Å². The molecule has 0 saturated heterocycles. The lowest BCUT2D eigenvalue weighted by molar-refractivity contribution is 0.0351. The number of allylic oxidation sites excluding steroid dienone is 2. The van der Waals surface area contributed by atoms with Gasteiger partial charge >= 0.3 is 6.03 Å². The summed E-state index contributed by atoms with van der Waals surface area (Å²) >= 11 is 0. The highest BCUT2D eigenvalue weighted by Crippen LogP contribution is 2.32. The molecule has 1 aromatic rings. The molecule has 2 heterocycles. The van der Waals surface area contributed by atoms with Crippen molar-refractivity contribution in [2.24, 2.45) is 5.92 Å². The van der Waals surface area contributed by atoms with Crippen LogP contribution in [0.15, 0.2) is 18.3 Å². The summed E-state index contributed by atoms with van der Waals surface area (Å²) in [7, 11) is 1.78. The van der Waals surface area contributed by atoms with E-state index in [1.54, 1.807) is 23.0 Å². The predicted molar refractivity (Wildman–Crippen MR) is 131 cm³/mol. The number of rotatable bonds is 6. The number of amides is 3. The fourth-order valence-corrected chi connectivity index (χ4v) is 5.14. The molecule has 34 heavy (non-hydrogen) atoms. The van der Waals surface area contributed by atoms with Crippen molar-refractivity contribution >= 4 is 17.5 Å². The second kappa shape index (κ2) is 10.8. The lowest BCUT2D eigenvalue weighted by Gasteiger charge is -2.37. The number of carbonyl (C=O) groups excluding carboxylic acids is 2. The number of urea groups is 1. The van der Waals surface area contributed by atoms with E-state index in [4.69, 9.17) is 4.74 Å². The van der Waals surface area contributed by atoms with E-state index in [1.807, 2.05) is 19.9 Å². The molecule has 0 unspecified atom stereocenters. The van der Waals surface area contributed by atoms with E-state index in [9.17, 15) is 14.7 Å². The van der Waals surface area contributed by atoms with Crippen molar-refractivity contribution in [3.63, 3.8) is 0 Å². The van der Waals surface area contributed by atoms with Gasteiger partial charge in [0.25, 0.3) is 5.91 Å². The fraction of sp³-hybridized carbons (Fsp3) is 0.654. The number of fused-ring (bicyclic) bond motifs is 1. The van der Waals surface area contributed by atoms with Gasteiger partial charge in [-0.3, -0.25) is 4.79 Å². The van der Waals surface area contributed by atoms with Crippen LogP contribution in [0.4, 0.5) is 4.79 Å². The van der Waals surface area contributed by atoms with Crippen molar-refractivity contribution in [3.05, 3.63) is 29.5 Å². The van der Waals surface area contributed by atoms with E-state index in [2.05, 4.69) is 16.4 Å². The van der Waals surface area contributed by atoms with Gasteiger partial charge in [0.15, 0.2) is 0 Å². The van der Waals surface area contributed by atoms with Crippen LogP contribution < -0.4 is 10.1 Å². The summed E-state index contributed by atoms with van der Waals surface area (Å²) in [4.78, 5) is 34.3. The first-order valence-corrected chi connectivity index (χ1v) is 12.7. The third-order valence-electron chi connectivity index (χ3n) is 7.42. The Morgan fingerprint density at radius 2 is 2.12 bits per heavy atom. The highest BCUT2D eigenvalue weighted by Gasteiger charge is 2.35. The van der Waals surface area contributed by atoms with Crippen molar-refractivity contribution in [2.45, 2.75) is 77.0 Å². The number of carbonyl (C=O) groups is 2. The van der Waals surface area contributed by atoms with Crippen molar-refractivity contribution in [1.29, 1.82) is 0 Å². The minimum atomic E-state index is -0.344. The molecule has 0 bridgehead atoms. The van der Waals surface area contributed by atoms with Crippen molar-refractivity contribution < 1.29 is 19.4 Å². The first kappa shape index (κ1) is 24.5. The molecule has 3 aliphatic rings. The average molecular weight is 471 g/mol. The monoisotopic (exact) mass is 470 g/mol. The summed E-state index contributed by atoms with van der Waals surface area (Å²) in [6.07, 6.45) is 11.1. The average Bonchev–Trinajstić information content (AvgIpc) is 3.55. The van der Waals surface area contributed by atoms with Crippen LogP contribution in [0.2, 0.25) is 0 Å². The van der Waals surface area contributed by atoms with Gasteiger partial charge in [0.05, 0.1) is 19.2 Å². The topological polar surface area (TPSA) is 95.0 Å². The number of ether oxygens (including phenoxy) is 1. The third-order valence-corrected chi connectivity index (χ3v) is 7.42. The fourth-order valence-electron chi connectivity index (χ4n) is 5.14. The van der Waals surface area contributed by atoms with Gasteiger partial charge in [-0.2, -0.15) is 0 Å². The number of hydrogen-bond acceptors (Lipinski definition) is 5. The maximum atomic E-state index is 13.5. The lowest BCUT2D eigenvalue weighted by atomic mass is 9.99. The molecule has 4 rings (SSSR count). The van der Waals surface area contributed by atoms with Gasteiger partial charge in [0, 0.05) is 31.7 Å². The Morgan fingerprint density at radius 3 is 2.79 bits per heavy atom. The molecule has 186 valence electrons. The van der Waals surface area contributed by atoms with Gasteiger partial charge in [-0.05, 0) is 56.2 Å². The molecular formula is C26H38N4O4. The third kappa shape index (κ3) is 5.37. The summed E-state index contributed by atoms with van der Waals surface area (Å²) in [5.41, 5.74) is 2.57. The molecule has 2 N–H and O–H groups in total. The highest BCUT2D eigenvalue weighted by atomic mass is 16.5. The van der Waals surface area contributed by atoms with Gasteiger partial charge in [-0.15, -0.1) is 0 Å². The molecule has 1 saturated carbocycles. The van der Waals surface area contributed by atoms with Gasteiger partial charge in [-0.1, -0.05) is 25.8 Å². The second-order valence-corrected chi connectivity index (χ2v) is 10.1. The lowest BCUT2D eigenvalue weighted by Crippen LogP contribution is -2.52. The number of nitrogens with zero attached hydrogens (tertiary/aromatic N) is 3. The summed E-state index contributed by atoms with van der Waals surface area (Å²) < 4.78 is 6.33. The van der Waals surface area contributed by atoms with Gasteiger partial charge in [-0.25, -0.2) is 9.78 Å². The summed E-state index contributed by atoms with van der Waals surface area (Å²) in [5, 5.41) is 13.0. The zero-order chi connectivity index (χ0) is 24.2. The predicted octanol–water partition coefficient (Wildman–Crippen LogP) is 3.45. The Balaban J connectivity index is 1.58. The quantitative estimate of drug-likeness (QED) is 0.664. The van der Waals surface area contributed by atoms with E-state index in [1.165, 1.54) is 5.57 Å². The van der Waals surface area contributed by atoms with Crippen LogP contribution in [-0.2, 0) is 0 Å². The molecular weight excluding hydrogens is 432 g/mol. The van der Waals surface area contributed by atoms with Crippen molar-refractivity contribution in [1.82, 2.24) is 20.1 Å². The Bertz CT molecular complexity index is 927. The number of aromatic nitrogens is 1. The molecule has 2 aliphatic carbocycles. The second-order valence-electron chi connectivity index (χ2n) is 10.1. The normalized spacial score (nSPS) is 24.1. The Morgan fingerprint density at radius 1 is 1.35 bits per heavy atom. The first-order valence-electron chi connectivity index (χ1n) is 12.7. The van der Waals surface area contributed by atoms with Crippen LogP contribution in [0.5, 0.6) is 5.88 Å². The highest BCUT2D eigenvalue weighted by molar-refractivity contribution is 5.97. The van der Waals surface area contributed by atoms with Crippen LogP contribution in [0.25, 0.3) is 5.57 Å². The minimum Gasteiger partial charge on any atom is -0.472 e. The van der Waals surface area contributed by atoms with Crippen LogP contribution in [0.3, 0.4) is 0 Å². The number of aliphatic hydroxyl groups excluding tert-OH is 1. The smallest absolute Gasteiger partial charge is 0.317 e. The molecule has 1 aliphatic heterocycles. The van der Waals surface area contributed by atoms with Crippen molar-refractivity contribution in [3.8, 4) is 5.88 Å². The molecule has 3 atom stereocenters. The molecule has 0 spiro atoms. The van der Waals surface area contributed by atoms with E-state index < -0.39 is 0 Å². The molecule has 1 aromatic heterocycles. The molecule has 8 nitrogen and oxygen atoms in total. The van der Waals surface area contributed by atoms with Crippen LogP contribution in [0, 0.1) is 5.92 Å². The van der Waals surface area contributed by atoms with Gasteiger partial charge in [0.2, 0.25) is 5.88 Å². The summed E-state index contributed by atoms with van der Waals surface area (Å²) in [6, 6.07) is 1.69. The molecule has 3 amide bonds. The Hall–Kier alpha value is -2.61. The summed E-state index contributed by atoms with van der Waals surface area (Å²) in [5.74, 6) is 0.0533. The van der Waals surface area contributed by atoms with Gasteiger partial charge in [0.1, 0.15) is 11.7 Å². The standard InChI is InChI=1S/C26H38N4O4/c1-17-14-30(18(2)16-31)25(32)22-12-20(19-8-4-5-9-19)13-27-24(22)34-23(17)15-29(3)26(33)28-21-10-6-7-11-21/h8,12-13,17-18,21,23,31H,4-7,9-11,14-16H2,1-3H3,(H,28,33)/t17-,18+,23-/m0/s1. The Labute approximate surface area is 202 Å².